The minimum atomic E-state index is -1.31. The molecule has 1 saturated heterocycles. The van der Waals surface area contributed by atoms with Gasteiger partial charge in [0, 0.05) is 12.0 Å². The first-order valence-electron chi connectivity index (χ1n) is 8.48. The van der Waals surface area contributed by atoms with Crippen LogP contribution in [0, 0.1) is 0 Å². The first-order chi connectivity index (χ1) is 13.1. The number of nitrogens with zero attached hydrogens (tertiary/aromatic N) is 2. The molecule has 2 aromatic rings. The van der Waals surface area contributed by atoms with Crippen molar-refractivity contribution in [2.45, 2.75) is 18.4 Å². The molecule has 1 fully saturated rings. The van der Waals surface area contributed by atoms with Gasteiger partial charge in [0.15, 0.2) is 11.5 Å². The molecule has 138 valence electrons. The van der Waals surface area contributed by atoms with Gasteiger partial charge in [0.1, 0.15) is 0 Å². The molecule has 2 aromatic carbocycles. The van der Waals surface area contributed by atoms with Crippen LogP contribution in [-0.2, 0) is 14.4 Å². The quantitative estimate of drug-likeness (QED) is 0.777. The van der Waals surface area contributed by atoms with Gasteiger partial charge >= 0.3 is 0 Å². The molecular weight excluding hydrogens is 348 g/mol. The van der Waals surface area contributed by atoms with Crippen LogP contribution in [0.15, 0.2) is 53.7 Å². The highest BCUT2D eigenvalue weighted by Gasteiger charge is 2.58. The fourth-order valence-electron chi connectivity index (χ4n) is 3.50. The second kappa shape index (κ2) is 6.42. The molecule has 0 saturated carbocycles. The van der Waals surface area contributed by atoms with E-state index in [-0.39, 0.29) is 18.7 Å². The zero-order chi connectivity index (χ0) is 19.0. The summed E-state index contributed by atoms with van der Waals surface area (Å²) >= 11 is 0. The Morgan fingerprint density at radius 2 is 1.78 bits per heavy atom. The van der Waals surface area contributed by atoms with E-state index in [0.717, 1.165) is 0 Å². The van der Waals surface area contributed by atoms with E-state index in [2.05, 4.69) is 5.16 Å². The average Bonchev–Trinajstić information content (AvgIpc) is 3.23. The standard InChI is InChI=1S/C20H18N2O5/c1-25-16-10-6-9-14(18(16)26-2)15-11-20(27-21-15)12-17(23)22(19(20)24)13-7-4-3-5-8-13/h3-10H,11-12H2,1-2H3. The molecule has 0 aromatic heterocycles. The van der Waals surface area contributed by atoms with Crippen molar-refractivity contribution in [3.8, 4) is 11.5 Å². The van der Waals surface area contributed by atoms with Gasteiger partial charge in [-0.25, -0.2) is 4.90 Å². The number of oxime groups is 1. The molecule has 2 heterocycles. The fraction of sp³-hybridized carbons (Fsp3) is 0.250. The summed E-state index contributed by atoms with van der Waals surface area (Å²) in [5.41, 5.74) is 0.436. The van der Waals surface area contributed by atoms with Crippen LogP contribution in [0.5, 0.6) is 11.5 Å². The molecule has 2 aliphatic heterocycles. The van der Waals surface area contributed by atoms with Crippen LogP contribution in [0.4, 0.5) is 5.69 Å². The number of amides is 2. The lowest BCUT2D eigenvalue weighted by Crippen LogP contribution is -2.40. The molecule has 1 spiro atoms. The Bertz CT molecular complexity index is 941. The van der Waals surface area contributed by atoms with Crippen molar-refractivity contribution in [3.63, 3.8) is 0 Å². The number of imide groups is 1. The number of anilines is 1. The highest BCUT2D eigenvalue weighted by atomic mass is 16.7. The molecule has 0 radical (unpaired) electrons. The third-order valence-corrected chi connectivity index (χ3v) is 4.79. The van der Waals surface area contributed by atoms with Crippen LogP contribution < -0.4 is 14.4 Å². The lowest BCUT2D eigenvalue weighted by Gasteiger charge is -2.19. The second-order valence-corrected chi connectivity index (χ2v) is 6.39. The highest BCUT2D eigenvalue weighted by Crippen LogP contribution is 2.41. The molecule has 4 rings (SSSR count). The van der Waals surface area contributed by atoms with E-state index in [1.54, 1.807) is 37.4 Å². The number of methoxy groups -OCH3 is 2. The monoisotopic (exact) mass is 366 g/mol. The Labute approximate surface area is 156 Å². The number of para-hydroxylation sites is 2. The SMILES string of the molecule is COc1cccc(C2=NOC3(CC(=O)N(c4ccccc4)C3=O)C2)c1OC. The van der Waals surface area contributed by atoms with E-state index in [4.69, 9.17) is 14.3 Å². The Hall–Kier alpha value is -3.35. The zero-order valence-corrected chi connectivity index (χ0v) is 15.0. The average molecular weight is 366 g/mol. The van der Waals surface area contributed by atoms with Gasteiger partial charge in [-0.3, -0.25) is 9.59 Å². The van der Waals surface area contributed by atoms with Crippen molar-refractivity contribution >= 4 is 23.2 Å². The summed E-state index contributed by atoms with van der Waals surface area (Å²) in [5.74, 6) is 0.356. The van der Waals surface area contributed by atoms with Gasteiger partial charge in [0.2, 0.25) is 11.5 Å². The lowest BCUT2D eigenvalue weighted by molar-refractivity contribution is -0.136. The van der Waals surface area contributed by atoms with Gasteiger partial charge in [-0.1, -0.05) is 29.4 Å². The Kier molecular flexibility index (Phi) is 4.07. The Morgan fingerprint density at radius 1 is 1.00 bits per heavy atom. The molecule has 2 aliphatic rings. The number of benzene rings is 2. The van der Waals surface area contributed by atoms with Crippen molar-refractivity contribution in [3.05, 3.63) is 54.1 Å². The number of hydrogen-bond donors (Lipinski definition) is 0. The maximum absolute atomic E-state index is 13.0. The third kappa shape index (κ3) is 2.63. The van der Waals surface area contributed by atoms with Gasteiger partial charge in [-0.2, -0.15) is 0 Å². The van der Waals surface area contributed by atoms with Crippen LogP contribution in [0.25, 0.3) is 0 Å². The first-order valence-corrected chi connectivity index (χ1v) is 8.48. The van der Waals surface area contributed by atoms with Crippen molar-refractivity contribution in [1.82, 2.24) is 0 Å². The maximum Gasteiger partial charge on any atom is 0.281 e. The fourth-order valence-corrected chi connectivity index (χ4v) is 3.50. The van der Waals surface area contributed by atoms with Gasteiger partial charge < -0.3 is 14.3 Å². The predicted octanol–water partition coefficient (Wildman–Crippen LogP) is 2.53. The molecule has 1 unspecified atom stereocenters. The third-order valence-electron chi connectivity index (χ3n) is 4.79. The van der Waals surface area contributed by atoms with Crippen molar-refractivity contribution in [2.24, 2.45) is 5.16 Å². The largest absolute Gasteiger partial charge is 0.493 e. The Balaban J connectivity index is 1.65. The summed E-state index contributed by atoms with van der Waals surface area (Å²) in [6.45, 7) is 0. The molecule has 27 heavy (non-hydrogen) atoms. The van der Waals surface area contributed by atoms with E-state index in [0.29, 0.717) is 28.5 Å². The minimum absolute atomic E-state index is 0.0555. The number of carbonyl (C=O) groups is 2. The van der Waals surface area contributed by atoms with E-state index in [1.807, 2.05) is 18.2 Å². The predicted molar refractivity (Wildman–Crippen MR) is 98.1 cm³/mol. The summed E-state index contributed by atoms with van der Waals surface area (Å²) in [6, 6.07) is 14.2. The van der Waals surface area contributed by atoms with Crippen LogP contribution >= 0.6 is 0 Å². The van der Waals surface area contributed by atoms with Gasteiger partial charge in [-0.15, -0.1) is 0 Å². The first kappa shape index (κ1) is 17.1. The topological polar surface area (TPSA) is 77.4 Å². The lowest BCUT2D eigenvalue weighted by atomic mass is 9.92. The molecule has 7 heteroatoms. The molecule has 7 nitrogen and oxygen atoms in total. The molecule has 1 atom stereocenters. The maximum atomic E-state index is 13.0. The Morgan fingerprint density at radius 3 is 2.48 bits per heavy atom. The van der Waals surface area contributed by atoms with E-state index >= 15 is 0 Å². The van der Waals surface area contributed by atoms with Gasteiger partial charge in [0.05, 0.1) is 32.0 Å². The molecule has 0 bridgehead atoms. The van der Waals surface area contributed by atoms with E-state index in [1.165, 1.54) is 12.0 Å². The number of hydrogen-bond acceptors (Lipinski definition) is 6. The van der Waals surface area contributed by atoms with E-state index in [9.17, 15) is 9.59 Å². The number of rotatable bonds is 4. The van der Waals surface area contributed by atoms with Crippen molar-refractivity contribution in [2.75, 3.05) is 19.1 Å². The second-order valence-electron chi connectivity index (χ2n) is 6.39. The molecule has 0 N–H and O–H groups in total. The van der Waals surface area contributed by atoms with E-state index < -0.39 is 11.5 Å². The smallest absolute Gasteiger partial charge is 0.281 e. The summed E-state index contributed by atoms with van der Waals surface area (Å²) in [7, 11) is 3.09. The van der Waals surface area contributed by atoms with Crippen LogP contribution in [0.3, 0.4) is 0 Å². The van der Waals surface area contributed by atoms with Crippen molar-refractivity contribution in [1.29, 1.82) is 0 Å². The number of carbonyl (C=O) groups excluding carboxylic acids is 2. The number of ether oxygens (including phenoxy) is 2. The summed E-state index contributed by atoms with van der Waals surface area (Å²) in [6.07, 6.45) is 0.129. The van der Waals surface area contributed by atoms with Crippen LogP contribution in [-0.4, -0.2) is 37.3 Å². The zero-order valence-electron chi connectivity index (χ0n) is 15.0. The van der Waals surface area contributed by atoms with Crippen LogP contribution in [0.2, 0.25) is 0 Å². The van der Waals surface area contributed by atoms with Crippen molar-refractivity contribution < 1.29 is 23.9 Å². The highest BCUT2D eigenvalue weighted by molar-refractivity contribution is 6.26. The van der Waals surface area contributed by atoms with Gasteiger partial charge in [0.25, 0.3) is 5.91 Å². The molecule has 0 aliphatic carbocycles. The van der Waals surface area contributed by atoms with Gasteiger partial charge in [-0.05, 0) is 24.3 Å². The summed E-state index contributed by atoms with van der Waals surface area (Å²) in [5, 5.41) is 4.12. The summed E-state index contributed by atoms with van der Waals surface area (Å²) in [4.78, 5) is 32.3. The molecule has 2 amide bonds. The molecular formula is C20H18N2O5. The normalized spacial score (nSPS) is 21.4. The summed E-state index contributed by atoms with van der Waals surface area (Å²) < 4.78 is 10.8. The minimum Gasteiger partial charge on any atom is -0.493 e. The van der Waals surface area contributed by atoms with Crippen LogP contribution in [0.1, 0.15) is 18.4 Å².